The first kappa shape index (κ1) is 14.6. The molecule has 1 fully saturated rings. The SMILES string of the molecule is NC1CC(C=O)N(C(=O)c2ccc(S(=O)(=O)F)cc2)C1. The van der Waals surface area contributed by atoms with Crippen LogP contribution in [-0.4, -0.2) is 44.1 Å². The summed E-state index contributed by atoms with van der Waals surface area (Å²) in [5.74, 6) is -0.433. The highest BCUT2D eigenvalue weighted by molar-refractivity contribution is 7.86. The fraction of sp³-hybridized carbons (Fsp3) is 0.333. The van der Waals surface area contributed by atoms with Crippen molar-refractivity contribution < 1.29 is 21.9 Å². The molecule has 0 radical (unpaired) electrons. The average Bonchev–Trinajstić information content (AvgIpc) is 2.78. The molecule has 0 aromatic heterocycles. The van der Waals surface area contributed by atoms with E-state index < -0.39 is 27.1 Å². The number of hydrogen-bond acceptors (Lipinski definition) is 5. The minimum atomic E-state index is -4.79. The van der Waals surface area contributed by atoms with Gasteiger partial charge < -0.3 is 15.4 Å². The van der Waals surface area contributed by atoms with Crippen molar-refractivity contribution in [2.45, 2.75) is 23.4 Å². The van der Waals surface area contributed by atoms with E-state index >= 15 is 0 Å². The molecular weight excluding hydrogens is 287 g/mol. The molecule has 1 aliphatic heterocycles. The van der Waals surface area contributed by atoms with Gasteiger partial charge in [0, 0.05) is 18.2 Å². The molecule has 0 aliphatic carbocycles. The summed E-state index contributed by atoms with van der Waals surface area (Å²) in [5.41, 5.74) is 5.89. The molecule has 108 valence electrons. The van der Waals surface area contributed by atoms with Gasteiger partial charge >= 0.3 is 10.2 Å². The Bertz CT molecular complexity index is 629. The number of carbonyl (C=O) groups is 2. The van der Waals surface area contributed by atoms with Crippen LogP contribution < -0.4 is 5.73 Å². The van der Waals surface area contributed by atoms with E-state index in [2.05, 4.69) is 0 Å². The Kier molecular flexibility index (Phi) is 3.87. The van der Waals surface area contributed by atoms with E-state index in [4.69, 9.17) is 5.73 Å². The number of likely N-dealkylation sites (tertiary alicyclic amines) is 1. The average molecular weight is 300 g/mol. The zero-order valence-corrected chi connectivity index (χ0v) is 11.2. The summed E-state index contributed by atoms with van der Waals surface area (Å²) >= 11 is 0. The number of amides is 1. The molecule has 1 aliphatic rings. The predicted octanol–water partition coefficient (Wildman–Crippen LogP) is 0.0855. The molecule has 1 aromatic carbocycles. The lowest BCUT2D eigenvalue weighted by Gasteiger charge is -2.20. The van der Waals surface area contributed by atoms with Gasteiger partial charge in [-0.15, -0.1) is 3.89 Å². The number of nitrogens with zero attached hydrogens (tertiary/aromatic N) is 1. The summed E-state index contributed by atoms with van der Waals surface area (Å²) < 4.78 is 34.1. The lowest BCUT2D eigenvalue weighted by Crippen LogP contribution is -2.37. The number of hydrogen-bond donors (Lipinski definition) is 1. The largest absolute Gasteiger partial charge is 0.332 e. The van der Waals surface area contributed by atoms with Crippen LogP contribution in [0.3, 0.4) is 0 Å². The van der Waals surface area contributed by atoms with Crippen LogP contribution in [0, 0.1) is 0 Å². The highest BCUT2D eigenvalue weighted by atomic mass is 32.3. The molecule has 8 heteroatoms. The Labute approximate surface area is 115 Å². The number of halogens is 1. The van der Waals surface area contributed by atoms with Gasteiger partial charge in [0.15, 0.2) is 0 Å². The number of benzene rings is 1. The topological polar surface area (TPSA) is 97.5 Å². The molecule has 1 saturated heterocycles. The maximum atomic E-state index is 12.7. The van der Waals surface area contributed by atoms with Crippen molar-refractivity contribution in [3.8, 4) is 0 Å². The van der Waals surface area contributed by atoms with Crippen LogP contribution in [0.2, 0.25) is 0 Å². The standard InChI is InChI=1S/C12H13FN2O4S/c13-20(18,19)11-3-1-8(2-4-11)12(17)15-6-9(14)5-10(15)7-16/h1-4,7,9-10H,5-6,14H2. The minimum absolute atomic E-state index is 0.179. The zero-order chi connectivity index (χ0) is 14.9. The van der Waals surface area contributed by atoms with E-state index in [-0.39, 0.29) is 18.2 Å². The van der Waals surface area contributed by atoms with Crippen LogP contribution in [-0.2, 0) is 15.0 Å². The van der Waals surface area contributed by atoms with Gasteiger partial charge in [-0.25, -0.2) is 0 Å². The Morgan fingerprint density at radius 3 is 2.45 bits per heavy atom. The lowest BCUT2D eigenvalue weighted by molar-refractivity contribution is -0.111. The van der Waals surface area contributed by atoms with Crippen molar-refractivity contribution >= 4 is 22.4 Å². The monoisotopic (exact) mass is 300 g/mol. The molecule has 2 N–H and O–H groups in total. The zero-order valence-electron chi connectivity index (χ0n) is 10.4. The van der Waals surface area contributed by atoms with Crippen LogP contribution in [0.1, 0.15) is 16.8 Å². The summed E-state index contributed by atoms with van der Waals surface area (Å²) in [5, 5.41) is 0. The van der Waals surface area contributed by atoms with Crippen molar-refractivity contribution in [2.75, 3.05) is 6.54 Å². The molecule has 2 rings (SSSR count). The molecule has 1 heterocycles. The van der Waals surface area contributed by atoms with Gasteiger partial charge in [0.2, 0.25) is 0 Å². The summed E-state index contributed by atoms with van der Waals surface area (Å²) in [6.45, 7) is 0.255. The van der Waals surface area contributed by atoms with Gasteiger partial charge in [0.05, 0.1) is 10.9 Å². The maximum Gasteiger partial charge on any atom is 0.332 e. The normalized spacial score (nSPS) is 22.8. The summed E-state index contributed by atoms with van der Waals surface area (Å²) in [4.78, 5) is 23.9. The first-order chi connectivity index (χ1) is 9.32. The second kappa shape index (κ2) is 5.29. The van der Waals surface area contributed by atoms with E-state index in [1.165, 1.54) is 17.0 Å². The van der Waals surface area contributed by atoms with Crippen molar-refractivity contribution in [1.29, 1.82) is 0 Å². The number of rotatable bonds is 3. The second-order valence-corrected chi connectivity index (χ2v) is 5.97. The Morgan fingerprint density at radius 1 is 1.35 bits per heavy atom. The van der Waals surface area contributed by atoms with E-state index in [1.807, 2.05) is 0 Å². The molecule has 2 unspecified atom stereocenters. The third-order valence-electron chi connectivity index (χ3n) is 3.18. The number of nitrogens with two attached hydrogens (primary N) is 1. The minimum Gasteiger partial charge on any atom is -0.327 e. The second-order valence-electron chi connectivity index (χ2n) is 4.62. The van der Waals surface area contributed by atoms with E-state index in [0.29, 0.717) is 12.7 Å². The van der Waals surface area contributed by atoms with Gasteiger partial charge in [-0.05, 0) is 30.7 Å². The van der Waals surface area contributed by atoms with Gasteiger partial charge in [-0.1, -0.05) is 0 Å². The highest BCUT2D eigenvalue weighted by Crippen LogP contribution is 2.20. The van der Waals surface area contributed by atoms with Crippen molar-refractivity contribution in [2.24, 2.45) is 5.73 Å². The van der Waals surface area contributed by atoms with Crippen LogP contribution >= 0.6 is 0 Å². The molecule has 1 amide bonds. The molecule has 1 aromatic rings. The van der Waals surface area contributed by atoms with Crippen LogP contribution in [0.5, 0.6) is 0 Å². The van der Waals surface area contributed by atoms with Crippen LogP contribution in [0.4, 0.5) is 3.89 Å². The number of carbonyl (C=O) groups excluding carboxylic acids is 2. The molecule has 6 nitrogen and oxygen atoms in total. The van der Waals surface area contributed by atoms with Gasteiger partial charge in [0.25, 0.3) is 5.91 Å². The lowest BCUT2D eigenvalue weighted by atomic mass is 10.1. The Balaban J connectivity index is 2.24. The van der Waals surface area contributed by atoms with Crippen LogP contribution in [0.15, 0.2) is 29.2 Å². The quantitative estimate of drug-likeness (QED) is 0.630. The highest BCUT2D eigenvalue weighted by Gasteiger charge is 2.33. The van der Waals surface area contributed by atoms with Gasteiger partial charge in [-0.2, -0.15) is 8.42 Å². The first-order valence-electron chi connectivity index (χ1n) is 5.89. The summed E-state index contributed by atoms with van der Waals surface area (Å²) in [7, 11) is -4.79. The fourth-order valence-corrected chi connectivity index (χ4v) is 2.65. The van der Waals surface area contributed by atoms with E-state index in [1.54, 1.807) is 0 Å². The molecule has 0 spiro atoms. The molecule has 2 atom stereocenters. The summed E-state index contributed by atoms with van der Waals surface area (Å²) in [6.07, 6.45) is 1.05. The van der Waals surface area contributed by atoms with Crippen molar-refractivity contribution in [3.05, 3.63) is 29.8 Å². The third kappa shape index (κ3) is 2.86. The Hall–Kier alpha value is -1.80. The first-order valence-corrected chi connectivity index (χ1v) is 7.28. The molecule has 20 heavy (non-hydrogen) atoms. The van der Waals surface area contributed by atoms with Crippen LogP contribution in [0.25, 0.3) is 0 Å². The maximum absolute atomic E-state index is 12.7. The third-order valence-corrected chi connectivity index (χ3v) is 4.01. The van der Waals surface area contributed by atoms with Gasteiger partial charge in [0.1, 0.15) is 6.29 Å². The Morgan fingerprint density at radius 2 is 1.95 bits per heavy atom. The molecule has 0 saturated carbocycles. The summed E-state index contributed by atoms with van der Waals surface area (Å²) in [6, 6.07) is 3.59. The molecular formula is C12H13FN2O4S. The molecule has 0 bridgehead atoms. The fourth-order valence-electron chi connectivity index (χ4n) is 2.19. The van der Waals surface area contributed by atoms with Gasteiger partial charge in [-0.3, -0.25) is 4.79 Å². The van der Waals surface area contributed by atoms with E-state index in [9.17, 15) is 21.9 Å². The van der Waals surface area contributed by atoms with E-state index in [0.717, 1.165) is 12.1 Å². The van der Waals surface area contributed by atoms with Crippen molar-refractivity contribution in [1.82, 2.24) is 4.90 Å². The predicted molar refractivity (Wildman–Crippen MR) is 68.2 cm³/mol. The smallest absolute Gasteiger partial charge is 0.327 e. The van der Waals surface area contributed by atoms with Crippen molar-refractivity contribution in [3.63, 3.8) is 0 Å². The number of aldehydes is 1.